The van der Waals surface area contributed by atoms with Crippen molar-refractivity contribution in [2.45, 2.75) is 26.4 Å². The van der Waals surface area contributed by atoms with Crippen molar-refractivity contribution in [3.8, 4) is 0 Å². The highest BCUT2D eigenvalue weighted by Crippen LogP contribution is 2.05. The van der Waals surface area contributed by atoms with Gasteiger partial charge in [0, 0.05) is 6.54 Å². The minimum Gasteiger partial charge on any atom is -0.376 e. The Kier molecular flexibility index (Phi) is 7.11. The summed E-state index contributed by atoms with van der Waals surface area (Å²) in [6, 6.07) is 0. The second-order valence-corrected chi connectivity index (χ2v) is 3.29. The first kappa shape index (κ1) is 11.7. The Hall–Kier alpha value is -0.340. The summed E-state index contributed by atoms with van der Waals surface area (Å²) in [5.74, 6) is 0.572. The summed E-state index contributed by atoms with van der Waals surface area (Å²) in [6.07, 6.45) is 3.15. The molecule has 0 radical (unpaired) electrons. The van der Waals surface area contributed by atoms with Crippen LogP contribution in [0.5, 0.6) is 0 Å². The van der Waals surface area contributed by atoms with E-state index in [-0.39, 0.29) is 0 Å². The molecule has 0 bridgehead atoms. The predicted molar refractivity (Wildman–Crippen MR) is 53.3 cm³/mol. The molecule has 2 heteroatoms. The second kappa shape index (κ2) is 7.32. The van der Waals surface area contributed by atoms with Gasteiger partial charge >= 0.3 is 0 Å². The van der Waals surface area contributed by atoms with E-state index in [2.05, 4.69) is 25.7 Å². The van der Waals surface area contributed by atoms with E-state index in [0.29, 0.717) is 12.0 Å². The minimum absolute atomic E-state index is 0.329. The molecule has 1 unspecified atom stereocenters. The molecule has 0 aliphatic heterocycles. The summed E-state index contributed by atoms with van der Waals surface area (Å²) in [4.78, 5) is 0. The van der Waals surface area contributed by atoms with E-state index in [1.165, 1.54) is 0 Å². The highest BCUT2D eigenvalue weighted by Gasteiger charge is 2.11. The normalized spacial score (nSPS) is 13.3. The molecule has 2 nitrogen and oxygen atoms in total. The fourth-order valence-electron chi connectivity index (χ4n) is 0.991. The Morgan fingerprint density at radius 2 is 2.17 bits per heavy atom. The first-order valence-electron chi connectivity index (χ1n) is 4.59. The van der Waals surface area contributed by atoms with Crippen LogP contribution >= 0.6 is 0 Å². The molecule has 0 amide bonds. The molecule has 1 N–H and O–H groups in total. The maximum atomic E-state index is 5.65. The van der Waals surface area contributed by atoms with Gasteiger partial charge in [0.1, 0.15) is 0 Å². The lowest BCUT2D eigenvalue weighted by Crippen LogP contribution is -2.31. The lowest BCUT2D eigenvalue weighted by Gasteiger charge is -2.20. The van der Waals surface area contributed by atoms with Crippen LogP contribution in [0.15, 0.2) is 12.7 Å². The zero-order valence-electron chi connectivity index (χ0n) is 8.47. The molecule has 0 aromatic carbocycles. The number of hydrogen-bond donors (Lipinski definition) is 1. The number of ether oxygens (including phenoxy) is 1. The van der Waals surface area contributed by atoms with Gasteiger partial charge in [0.15, 0.2) is 0 Å². The van der Waals surface area contributed by atoms with Crippen molar-refractivity contribution in [1.29, 1.82) is 0 Å². The fourth-order valence-corrected chi connectivity index (χ4v) is 0.991. The van der Waals surface area contributed by atoms with Crippen LogP contribution in [0.3, 0.4) is 0 Å². The molecule has 0 saturated heterocycles. The van der Waals surface area contributed by atoms with Gasteiger partial charge < -0.3 is 10.1 Å². The van der Waals surface area contributed by atoms with Gasteiger partial charge in [-0.05, 0) is 19.4 Å². The molecule has 72 valence electrons. The standard InChI is InChI=1S/C10H21NO/c1-5-6-7-12-10(8-11-4)9(2)3/h5,9-11H,1,6-8H2,2-4H3. The van der Waals surface area contributed by atoms with Crippen molar-refractivity contribution in [2.75, 3.05) is 20.2 Å². The van der Waals surface area contributed by atoms with Gasteiger partial charge in [-0.2, -0.15) is 0 Å². The Morgan fingerprint density at radius 3 is 2.58 bits per heavy atom. The van der Waals surface area contributed by atoms with E-state index in [9.17, 15) is 0 Å². The Bertz CT molecular complexity index is 112. The Morgan fingerprint density at radius 1 is 1.50 bits per heavy atom. The summed E-state index contributed by atoms with van der Waals surface area (Å²) in [5, 5.41) is 3.13. The second-order valence-electron chi connectivity index (χ2n) is 3.29. The van der Waals surface area contributed by atoms with Crippen molar-refractivity contribution in [2.24, 2.45) is 5.92 Å². The quantitative estimate of drug-likeness (QED) is 0.466. The molecule has 0 heterocycles. The molecule has 0 rings (SSSR count). The largest absolute Gasteiger partial charge is 0.376 e. The first-order chi connectivity index (χ1) is 5.72. The predicted octanol–water partition coefficient (Wildman–Crippen LogP) is 1.82. The number of likely N-dealkylation sites (N-methyl/N-ethyl adjacent to an activating group) is 1. The van der Waals surface area contributed by atoms with Crippen LogP contribution < -0.4 is 5.32 Å². The molecule has 0 aromatic rings. The van der Waals surface area contributed by atoms with Gasteiger partial charge in [0.05, 0.1) is 12.7 Å². The minimum atomic E-state index is 0.329. The summed E-state index contributed by atoms with van der Waals surface area (Å²) < 4.78 is 5.65. The maximum absolute atomic E-state index is 5.65. The average Bonchev–Trinajstić information content (AvgIpc) is 2.03. The first-order valence-corrected chi connectivity index (χ1v) is 4.59. The zero-order chi connectivity index (χ0) is 9.40. The van der Waals surface area contributed by atoms with Gasteiger partial charge in [-0.25, -0.2) is 0 Å². The zero-order valence-corrected chi connectivity index (χ0v) is 8.47. The van der Waals surface area contributed by atoms with Crippen molar-refractivity contribution in [3.63, 3.8) is 0 Å². The van der Waals surface area contributed by atoms with Crippen LogP contribution in [0.2, 0.25) is 0 Å². The molecular weight excluding hydrogens is 150 g/mol. The molecular formula is C10H21NO. The van der Waals surface area contributed by atoms with Crippen LogP contribution in [-0.4, -0.2) is 26.3 Å². The van der Waals surface area contributed by atoms with Gasteiger partial charge in [0.25, 0.3) is 0 Å². The third-order valence-corrected chi connectivity index (χ3v) is 1.80. The topological polar surface area (TPSA) is 21.3 Å². The van der Waals surface area contributed by atoms with E-state index >= 15 is 0 Å². The molecule has 0 aliphatic rings. The molecule has 0 saturated carbocycles. The number of nitrogens with one attached hydrogen (secondary N) is 1. The van der Waals surface area contributed by atoms with Gasteiger partial charge in [-0.3, -0.25) is 0 Å². The Balaban J connectivity index is 3.55. The number of hydrogen-bond acceptors (Lipinski definition) is 2. The van der Waals surface area contributed by atoms with Gasteiger partial charge in [0.2, 0.25) is 0 Å². The summed E-state index contributed by atoms with van der Waals surface area (Å²) in [7, 11) is 1.95. The fraction of sp³-hybridized carbons (Fsp3) is 0.800. The van der Waals surface area contributed by atoms with E-state index < -0.39 is 0 Å². The average molecular weight is 171 g/mol. The summed E-state index contributed by atoms with van der Waals surface area (Å²) in [5.41, 5.74) is 0. The third kappa shape index (κ3) is 5.33. The highest BCUT2D eigenvalue weighted by molar-refractivity contribution is 4.68. The number of rotatable bonds is 7. The van der Waals surface area contributed by atoms with Crippen molar-refractivity contribution in [1.82, 2.24) is 5.32 Å². The SMILES string of the molecule is C=CCCOC(CNC)C(C)C. The lowest BCUT2D eigenvalue weighted by atomic mass is 10.1. The van der Waals surface area contributed by atoms with E-state index in [0.717, 1.165) is 19.6 Å². The third-order valence-electron chi connectivity index (χ3n) is 1.80. The summed E-state index contributed by atoms with van der Waals surface area (Å²) >= 11 is 0. The van der Waals surface area contributed by atoms with Gasteiger partial charge in [-0.1, -0.05) is 19.9 Å². The van der Waals surface area contributed by atoms with Crippen LogP contribution in [0.1, 0.15) is 20.3 Å². The van der Waals surface area contributed by atoms with Gasteiger partial charge in [-0.15, -0.1) is 6.58 Å². The van der Waals surface area contributed by atoms with E-state index in [1.807, 2.05) is 13.1 Å². The molecule has 0 aliphatic carbocycles. The van der Waals surface area contributed by atoms with Crippen molar-refractivity contribution in [3.05, 3.63) is 12.7 Å². The van der Waals surface area contributed by atoms with E-state index in [4.69, 9.17) is 4.74 Å². The van der Waals surface area contributed by atoms with Crippen LogP contribution in [-0.2, 0) is 4.74 Å². The molecule has 1 atom stereocenters. The monoisotopic (exact) mass is 171 g/mol. The van der Waals surface area contributed by atoms with Crippen molar-refractivity contribution >= 4 is 0 Å². The van der Waals surface area contributed by atoms with E-state index in [1.54, 1.807) is 0 Å². The summed E-state index contributed by atoms with van der Waals surface area (Å²) in [6.45, 7) is 9.72. The molecule has 0 fully saturated rings. The lowest BCUT2D eigenvalue weighted by molar-refractivity contribution is 0.0269. The smallest absolute Gasteiger partial charge is 0.0722 e. The van der Waals surface area contributed by atoms with Crippen molar-refractivity contribution < 1.29 is 4.74 Å². The maximum Gasteiger partial charge on any atom is 0.0722 e. The molecule has 12 heavy (non-hydrogen) atoms. The molecule has 0 aromatic heterocycles. The Labute approximate surface area is 76.0 Å². The van der Waals surface area contributed by atoms with Crippen LogP contribution in [0.4, 0.5) is 0 Å². The highest BCUT2D eigenvalue weighted by atomic mass is 16.5. The molecule has 0 spiro atoms. The van der Waals surface area contributed by atoms with Crippen LogP contribution in [0, 0.1) is 5.92 Å². The van der Waals surface area contributed by atoms with Crippen LogP contribution in [0.25, 0.3) is 0 Å².